The van der Waals surface area contributed by atoms with E-state index in [9.17, 15) is 13.6 Å². The predicted molar refractivity (Wildman–Crippen MR) is 86.7 cm³/mol. The van der Waals surface area contributed by atoms with Crippen molar-refractivity contribution in [3.05, 3.63) is 35.2 Å². The lowest BCUT2D eigenvalue weighted by Gasteiger charge is -2.28. The predicted octanol–water partition coefficient (Wildman–Crippen LogP) is 2.70. The Kier molecular flexibility index (Phi) is 4.54. The van der Waals surface area contributed by atoms with Crippen LogP contribution in [0.2, 0.25) is 0 Å². The van der Waals surface area contributed by atoms with Crippen LogP contribution in [0.4, 0.5) is 13.6 Å². The van der Waals surface area contributed by atoms with Crippen LogP contribution < -0.4 is 5.32 Å². The van der Waals surface area contributed by atoms with Crippen LogP contribution in [-0.4, -0.2) is 47.4 Å². The molecule has 2 heterocycles. The van der Waals surface area contributed by atoms with E-state index < -0.39 is 12.3 Å². The molecule has 7 nitrogen and oxygen atoms in total. The van der Waals surface area contributed by atoms with Crippen molar-refractivity contribution < 1.29 is 22.8 Å². The number of carbonyl (C=O) groups excluding carboxylic acids is 1. The second-order valence-electron chi connectivity index (χ2n) is 6.31. The summed E-state index contributed by atoms with van der Waals surface area (Å²) < 4.78 is 35.0. The van der Waals surface area contributed by atoms with Crippen LogP contribution in [0, 0.1) is 0 Å². The Bertz CT molecular complexity index is 805. The van der Waals surface area contributed by atoms with E-state index >= 15 is 0 Å². The molecule has 1 N–H and O–H groups in total. The summed E-state index contributed by atoms with van der Waals surface area (Å²) in [5.74, 6) is -0.542. The minimum atomic E-state index is -2.79. The Hall–Kier alpha value is -2.55. The lowest BCUT2D eigenvalue weighted by Crippen LogP contribution is -2.46. The van der Waals surface area contributed by atoms with Gasteiger partial charge in [-0.2, -0.15) is 13.8 Å². The molecule has 1 aromatic heterocycles. The number of ether oxygens (including phenoxy) is 1. The van der Waals surface area contributed by atoms with Gasteiger partial charge >= 0.3 is 12.5 Å². The van der Waals surface area contributed by atoms with E-state index in [0.29, 0.717) is 31.9 Å². The molecule has 9 heteroatoms. The molecule has 4 rings (SSSR count). The second-order valence-corrected chi connectivity index (χ2v) is 6.31. The van der Waals surface area contributed by atoms with Crippen molar-refractivity contribution in [2.45, 2.75) is 25.3 Å². The lowest BCUT2D eigenvalue weighted by atomic mass is 10.0. The maximum Gasteiger partial charge on any atom is 0.318 e. The third-order valence-corrected chi connectivity index (χ3v) is 4.70. The van der Waals surface area contributed by atoms with E-state index in [1.807, 2.05) is 12.1 Å². The van der Waals surface area contributed by atoms with Gasteiger partial charge in [0.2, 0.25) is 5.82 Å². The number of halogens is 2. The standard InChI is InChI=1S/C17H18F2N4O3/c18-14(19)16-21-15(22-26-16)11-1-3-12-10(9-11)2-4-13(12)20-17(24)23-5-7-25-8-6-23/h1,3,9,13-14H,2,4-8H2,(H,20,24). The number of aryl methyl sites for hydroxylation is 1. The highest BCUT2D eigenvalue weighted by Crippen LogP contribution is 2.34. The molecule has 1 saturated heterocycles. The Labute approximate surface area is 148 Å². The average Bonchev–Trinajstić information content (AvgIpc) is 3.30. The highest BCUT2D eigenvalue weighted by molar-refractivity contribution is 5.75. The summed E-state index contributed by atoms with van der Waals surface area (Å²) in [5, 5.41) is 6.67. The third-order valence-electron chi connectivity index (χ3n) is 4.70. The number of nitrogens with zero attached hydrogens (tertiary/aromatic N) is 3. The molecule has 0 radical (unpaired) electrons. The number of hydrogen-bond donors (Lipinski definition) is 1. The summed E-state index contributed by atoms with van der Waals surface area (Å²) in [6.07, 6.45) is -1.20. The molecule has 138 valence electrons. The first kappa shape index (κ1) is 16.9. The summed E-state index contributed by atoms with van der Waals surface area (Å²) in [7, 11) is 0. The van der Waals surface area contributed by atoms with Gasteiger partial charge in [0.1, 0.15) is 0 Å². The van der Waals surface area contributed by atoms with Crippen molar-refractivity contribution >= 4 is 6.03 Å². The van der Waals surface area contributed by atoms with Gasteiger partial charge in [-0.3, -0.25) is 0 Å². The Morgan fingerprint density at radius 3 is 2.85 bits per heavy atom. The molecule has 0 spiro atoms. The van der Waals surface area contributed by atoms with Crippen molar-refractivity contribution in [3.63, 3.8) is 0 Å². The maximum absolute atomic E-state index is 12.6. The van der Waals surface area contributed by atoms with Crippen molar-refractivity contribution in [1.29, 1.82) is 0 Å². The van der Waals surface area contributed by atoms with Gasteiger partial charge in [0.15, 0.2) is 0 Å². The van der Waals surface area contributed by atoms with Gasteiger partial charge < -0.3 is 19.5 Å². The van der Waals surface area contributed by atoms with Crippen LogP contribution in [0.1, 0.15) is 35.9 Å². The summed E-state index contributed by atoms with van der Waals surface area (Å²) in [6.45, 7) is 2.30. The van der Waals surface area contributed by atoms with Gasteiger partial charge in [-0.05, 0) is 30.0 Å². The smallest absolute Gasteiger partial charge is 0.318 e. The van der Waals surface area contributed by atoms with Crippen LogP contribution in [0.5, 0.6) is 0 Å². The van der Waals surface area contributed by atoms with Gasteiger partial charge in [-0.15, -0.1) is 0 Å². The number of carbonyl (C=O) groups is 1. The average molecular weight is 364 g/mol. The molecular weight excluding hydrogens is 346 g/mol. The zero-order valence-electron chi connectivity index (χ0n) is 14.0. The Morgan fingerprint density at radius 1 is 1.31 bits per heavy atom. The first-order valence-electron chi connectivity index (χ1n) is 8.50. The summed E-state index contributed by atoms with van der Waals surface area (Å²) in [4.78, 5) is 17.8. The molecule has 1 aliphatic heterocycles. The van der Waals surface area contributed by atoms with Crippen LogP contribution in [0.25, 0.3) is 11.4 Å². The van der Waals surface area contributed by atoms with E-state index in [1.54, 1.807) is 11.0 Å². The molecule has 1 fully saturated rings. The first-order chi connectivity index (χ1) is 12.6. The zero-order chi connectivity index (χ0) is 18.1. The monoisotopic (exact) mass is 364 g/mol. The van der Waals surface area contributed by atoms with Gasteiger partial charge in [0, 0.05) is 18.7 Å². The fourth-order valence-electron chi connectivity index (χ4n) is 3.35. The number of aromatic nitrogens is 2. The zero-order valence-corrected chi connectivity index (χ0v) is 14.0. The van der Waals surface area contributed by atoms with Gasteiger partial charge in [-0.1, -0.05) is 17.3 Å². The fraction of sp³-hybridized carbons (Fsp3) is 0.471. The second kappa shape index (κ2) is 6.99. The van der Waals surface area contributed by atoms with Gasteiger partial charge in [0.05, 0.1) is 19.3 Å². The highest BCUT2D eigenvalue weighted by Gasteiger charge is 2.27. The van der Waals surface area contributed by atoms with Crippen molar-refractivity contribution in [2.75, 3.05) is 26.3 Å². The Balaban J connectivity index is 1.48. The number of rotatable bonds is 3. The quantitative estimate of drug-likeness (QED) is 0.906. The maximum atomic E-state index is 12.6. The number of amides is 2. The SMILES string of the molecule is O=C(NC1CCc2cc(-c3noc(C(F)F)n3)ccc21)N1CCOCC1. The van der Waals surface area contributed by atoms with Crippen LogP contribution >= 0.6 is 0 Å². The molecule has 0 bridgehead atoms. The van der Waals surface area contributed by atoms with Crippen LogP contribution in [-0.2, 0) is 11.2 Å². The largest absolute Gasteiger partial charge is 0.378 e. The number of benzene rings is 1. The van der Waals surface area contributed by atoms with E-state index in [1.165, 1.54) is 0 Å². The molecule has 1 aromatic carbocycles. The third kappa shape index (κ3) is 3.26. The van der Waals surface area contributed by atoms with E-state index in [2.05, 4.69) is 20.0 Å². The number of alkyl halides is 2. The number of fused-ring (bicyclic) bond motifs is 1. The van der Waals surface area contributed by atoms with E-state index in [0.717, 1.165) is 24.0 Å². The number of morpholine rings is 1. The molecule has 1 aliphatic carbocycles. The lowest BCUT2D eigenvalue weighted by molar-refractivity contribution is 0.0525. The van der Waals surface area contributed by atoms with E-state index in [-0.39, 0.29) is 17.9 Å². The first-order valence-corrected chi connectivity index (χ1v) is 8.50. The number of nitrogens with one attached hydrogen (secondary N) is 1. The summed E-state index contributed by atoms with van der Waals surface area (Å²) in [6, 6.07) is 5.38. The minimum absolute atomic E-state index is 0.0590. The van der Waals surface area contributed by atoms with Gasteiger partial charge in [0.25, 0.3) is 5.89 Å². The normalized spacial score (nSPS) is 19.7. The summed E-state index contributed by atoms with van der Waals surface area (Å²) >= 11 is 0. The molecular formula is C17H18F2N4O3. The van der Waals surface area contributed by atoms with Gasteiger partial charge in [-0.25, -0.2) is 4.79 Å². The minimum Gasteiger partial charge on any atom is -0.378 e. The van der Waals surface area contributed by atoms with Crippen molar-refractivity contribution in [2.24, 2.45) is 0 Å². The van der Waals surface area contributed by atoms with Crippen molar-refractivity contribution in [3.8, 4) is 11.4 Å². The highest BCUT2D eigenvalue weighted by atomic mass is 19.3. The summed E-state index contributed by atoms with van der Waals surface area (Å²) in [5.41, 5.74) is 2.71. The topological polar surface area (TPSA) is 80.5 Å². The number of urea groups is 1. The molecule has 0 saturated carbocycles. The molecule has 1 unspecified atom stereocenters. The van der Waals surface area contributed by atoms with Crippen molar-refractivity contribution in [1.82, 2.24) is 20.4 Å². The number of hydrogen-bond acceptors (Lipinski definition) is 5. The molecule has 2 amide bonds. The molecule has 1 atom stereocenters. The van der Waals surface area contributed by atoms with Crippen LogP contribution in [0.3, 0.4) is 0 Å². The Morgan fingerprint density at radius 2 is 2.12 bits per heavy atom. The molecule has 26 heavy (non-hydrogen) atoms. The van der Waals surface area contributed by atoms with Crippen LogP contribution in [0.15, 0.2) is 22.7 Å². The molecule has 2 aliphatic rings. The molecule has 2 aromatic rings. The fourth-order valence-corrected chi connectivity index (χ4v) is 3.35. The van der Waals surface area contributed by atoms with E-state index in [4.69, 9.17) is 4.74 Å².